The molecule has 1 rings (SSSR count). The van der Waals surface area contributed by atoms with Crippen LogP contribution in [0.4, 0.5) is 4.79 Å². The summed E-state index contributed by atoms with van der Waals surface area (Å²) in [5, 5.41) is 10.7. The third-order valence-electron chi connectivity index (χ3n) is 2.53. The molecule has 0 radical (unpaired) electrons. The average Bonchev–Trinajstić information content (AvgIpc) is 2.55. The van der Waals surface area contributed by atoms with Gasteiger partial charge >= 0.3 is 12.0 Å². The highest BCUT2D eigenvalue weighted by Crippen LogP contribution is 2.02. The predicted octanol–water partition coefficient (Wildman–Crippen LogP) is -1.53. The van der Waals surface area contributed by atoms with Crippen LogP contribution in [0.2, 0.25) is 0 Å². The number of nitrogens with zero attached hydrogens (tertiary/aromatic N) is 2. The first-order valence-electron chi connectivity index (χ1n) is 4.90. The number of carbonyl (C=O) groups excluding carboxylic acids is 3. The lowest BCUT2D eigenvalue weighted by Gasteiger charge is -2.23. The molecule has 17 heavy (non-hydrogen) atoms. The molecule has 0 saturated carbocycles. The second-order valence-corrected chi connectivity index (χ2v) is 3.73. The number of imide groups is 1. The number of hydrogen-bond donors (Lipinski definition) is 2. The number of urea groups is 1. The number of nitrogens with one attached hydrogen (secondary N) is 1. The molecule has 8 heteroatoms. The number of amides is 4. The first-order valence-corrected chi connectivity index (χ1v) is 4.90. The molecule has 0 aromatic carbocycles. The first-order chi connectivity index (χ1) is 7.82. The molecule has 1 saturated heterocycles. The summed E-state index contributed by atoms with van der Waals surface area (Å²) in [4.78, 5) is 46.3. The van der Waals surface area contributed by atoms with Gasteiger partial charge < -0.3 is 14.9 Å². The molecule has 1 aliphatic heterocycles. The van der Waals surface area contributed by atoms with E-state index in [2.05, 4.69) is 0 Å². The molecule has 1 fully saturated rings. The summed E-state index contributed by atoms with van der Waals surface area (Å²) in [6, 6.07) is -1.62. The molecule has 1 heterocycles. The Morgan fingerprint density at radius 3 is 2.53 bits per heavy atom. The van der Waals surface area contributed by atoms with E-state index < -0.39 is 29.9 Å². The van der Waals surface area contributed by atoms with Crippen LogP contribution in [0.1, 0.15) is 6.92 Å². The van der Waals surface area contributed by atoms with Crippen LogP contribution in [-0.4, -0.2) is 64.9 Å². The van der Waals surface area contributed by atoms with Gasteiger partial charge in [-0.3, -0.25) is 14.9 Å². The molecule has 8 nitrogen and oxygen atoms in total. The number of carboxylic acids is 1. The maximum atomic E-state index is 11.6. The Hall–Kier alpha value is -2.12. The average molecular weight is 243 g/mol. The number of hydrogen-bond acceptors (Lipinski definition) is 4. The molecule has 4 amide bonds. The fourth-order valence-electron chi connectivity index (χ4n) is 1.27. The summed E-state index contributed by atoms with van der Waals surface area (Å²) >= 11 is 0. The summed E-state index contributed by atoms with van der Waals surface area (Å²) in [7, 11) is 1.33. The Bertz CT molecular complexity index is 381. The van der Waals surface area contributed by atoms with Crippen LogP contribution < -0.4 is 5.32 Å². The smallest absolute Gasteiger partial charge is 0.326 e. The van der Waals surface area contributed by atoms with Crippen LogP contribution in [0.3, 0.4) is 0 Å². The maximum absolute atomic E-state index is 11.6. The molecule has 1 aliphatic rings. The summed E-state index contributed by atoms with van der Waals surface area (Å²) < 4.78 is 0. The van der Waals surface area contributed by atoms with Crippen LogP contribution in [0.25, 0.3) is 0 Å². The zero-order valence-corrected chi connectivity index (χ0v) is 9.47. The van der Waals surface area contributed by atoms with E-state index >= 15 is 0 Å². The highest BCUT2D eigenvalue weighted by atomic mass is 16.4. The Morgan fingerprint density at radius 1 is 1.53 bits per heavy atom. The van der Waals surface area contributed by atoms with E-state index in [1.165, 1.54) is 14.0 Å². The van der Waals surface area contributed by atoms with Crippen molar-refractivity contribution in [2.75, 3.05) is 20.1 Å². The lowest BCUT2D eigenvalue weighted by atomic mass is 10.3. The number of carboxylic acid groups (broad SMARTS) is 1. The van der Waals surface area contributed by atoms with Crippen molar-refractivity contribution in [2.45, 2.75) is 13.0 Å². The van der Waals surface area contributed by atoms with Gasteiger partial charge in [-0.25, -0.2) is 9.59 Å². The molecular formula is C9H13N3O5. The van der Waals surface area contributed by atoms with Crippen molar-refractivity contribution in [2.24, 2.45) is 0 Å². The van der Waals surface area contributed by atoms with Crippen molar-refractivity contribution in [1.29, 1.82) is 0 Å². The molecule has 94 valence electrons. The normalized spacial score (nSPS) is 16.7. The topological polar surface area (TPSA) is 107 Å². The van der Waals surface area contributed by atoms with E-state index in [-0.39, 0.29) is 13.1 Å². The second-order valence-electron chi connectivity index (χ2n) is 3.73. The Labute approximate surface area is 97.2 Å². The minimum absolute atomic E-state index is 0.181. The second kappa shape index (κ2) is 4.81. The molecule has 0 aliphatic carbocycles. The van der Waals surface area contributed by atoms with Gasteiger partial charge in [-0.1, -0.05) is 0 Å². The monoisotopic (exact) mass is 243 g/mol. The third kappa shape index (κ3) is 2.92. The largest absolute Gasteiger partial charge is 0.480 e. The van der Waals surface area contributed by atoms with Crippen molar-refractivity contribution in [3.8, 4) is 0 Å². The summed E-state index contributed by atoms with van der Waals surface area (Å²) in [5.41, 5.74) is 0. The van der Waals surface area contributed by atoms with E-state index in [0.717, 1.165) is 9.80 Å². The third-order valence-corrected chi connectivity index (χ3v) is 2.53. The van der Waals surface area contributed by atoms with Crippen LogP contribution in [0, 0.1) is 0 Å². The fourth-order valence-corrected chi connectivity index (χ4v) is 1.27. The van der Waals surface area contributed by atoms with E-state index in [4.69, 9.17) is 5.11 Å². The standard InChI is InChI=1S/C9H13N3O5/c1-5(8(15)16)11(2)7(14)4-12-3-6(13)10-9(12)17/h5H,3-4H2,1-2H3,(H,15,16)(H,10,13,17). The van der Waals surface area contributed by atoms with E-state index in [1.807, 2.05) is 5.32 Å². The maximum Gasteiger partial charge on any atom is 0.326 e. The van der Waals surface area contributed by atoms with Gasteiger partial charge in [0.1, 0.15) is 19.1 Å². The first kappa shape index (κ1) is 12.9. The van der Waals surface area contributed by atoms with E-state index in [0.29, 0.717) is 0 Å². The quantitative estimate of drug-likeness (QED) is 0.582. The van der Waals surface area contributed by atoms with Crippen LogP contribution in [-0.2, 0) is 14.4 Å². The van der Waals surface area contributed by atoms with E-state index in [1.54, 1.807) is 0 Å². The highest BCUT2D eigenvalue weighted by Gasteiger charge is 2.30. The van der Waals surface area contributed by atoms with Gasteiger partial charge in [-0.2, -0.15) is 0 Å². The van der Waals surface area contributed by atoms with Gasteiger partial charge in [-0.15, -0.1) is 0 Å². The molecular weight excluding hydrogens is 230 g/mol. The number of aliphatic carboxylic acids is 1. The fraction of sp³-hybridized carbons (Fsp3) is 0.556. The summed E-state index contributed by atoms with van der Waals surface area (Å²) in [6.45, 7) is 0.862. The molecule has 1 atom stereocenters. The SMILES string of the molecule is CC(C(=O)O)N(C)C(=O)CN1CC(=O)NC1=O. The molecule has 0 spiro atoms. The van der Waals surface area contributed by atoms with Gasteiger partial charge in [0, 0.05) is 7.05 Å². The molecule has 0 aromatic heterocycles. The van der Waals surface area contributed by atoms with Crippen molar-refractivity contribution >= 4 is 23.8 Å². The van der Waals surface area contributed by atoms with Crippen molar-refractivity contribution < 1.29 is 24.3 Å². The molecule has 0 aromatic rings. The van der Waals surface area contributed by atoms with Gasteiger partial charge in [0.2, 0.25) is 11.8 Å². The van der Waals surface area contributed by atoms with Crippen LogP contribution >= 0.6 is 0 Å². The van der Waals surface area contributed by atoms with E-state index in [9.17, 15) is 19.2 Å². The van der Waals surface area contributed by atoms with Crippen molar-refractivity contribution in [1.82, 2.24) is 15.1 Å². The zero-order chi connectivity index (χ0) is 13.2. The Balaban J connectivity index is 2.57. The minimum atomic E-state index is -1.14. The number of rotatable bonds is 4. The van der Waals surface area contributed by atoms with Gasteiger partial charge in [0.25, 0.3) is 0 Å². The van der Waals surface area contributed by atoms with Gasteiger partial charge in [-0.05, 0) is 6.92 Å². The van der Waals surface area contributed by atoms with Crippen LogP contribution in [0.5, 0.6) is 0 Å². The van der Waals surface area contributed by atoms with Gasteiger partial charge in [0.15, 0.2) is 0 Å². The summed E-state index contributed by atoms with van der Waals surface area (Å²) in [6.07, 6.45) is 0. The minimum Gasteiger partial charge on any atom is -0.480 e. The Kier molecular flexibility index (Phi) is 3.66. The van der Waals surface area contributed by atoms with Crippen LogP contribution in [0.15, 0.2) is 0 Å². The van der Waals surface area contributed by atoms with Crippen molar-refractivity contribution in [3.05, 3.63) is 0 Å². The number of likely N-dealkylation sites (N-methyl/N-ethyl adjacent to an activating group) is 1. The lowest BCUT2D eigenvalue weighted by molar-refractivity contribution is -0.148. The lowest BCUT2D eigenvalue weighted by Crippen LogP contribution is -2.46. The Morgan fingerprint density at radius 2 is 2.12 bits per heavy atom. The number of carbonyl (C=O) groups is 4. The highest BCUT2D eigenvalue weighted by molar-refractivity contribution is 6.03. The molecule has 2 N–H and O–H groups in total. The van der Waals surface area contributed by atoms with Crippen molar-refractivity contribution in [3.63, 3.8) is 0 Å². The molecule has 1 unspecified atom stereocenters. The zero-order valence-electron chi connectivity index (χ0n) is 9.47. The van der Waals surface area contributed by atoms with Gasteiger partial charge in [0.05, 0.1) is 0 Å². The predicted molar refractivity (Wildman–Crippen MR) is 55.0 cm³/mol. The molecule has 0 bridgehead atoms. The summed E-state index contributed by atoms with van der Waals surface area (Å²) in [5.74, 6) is -2.15.